The molecule has 0 unspecified atom stereocenters. The number of ether oxygens (including phenoxy) is 1. The van der Waals surface area contributed by atoms with Crippen molar-refractivity contribution in [2.45, 2.75) is 30.6 Å². The van der Waals surface area contributed by atoms with Gasteiger partial charge in [-0.15, -0.1) is 0 Å². The zero-order valence-corrected chi connectivity index (χ0v) is 12.7. The first-order chi connectivity index (χ1) is 10.0. The van der Waals surface area contributed by atoms with Crippen molar-refractivity contribution in [2.24, 2.45) is 0 Å². The van der Waals surface area contributed by atoms with Gasteiger partial charge in [0.1, 0.15) is 0 Å². The molecule has 114 valence electrons. The van der Waals surface area contributed by atoms with Crippen molar-refractivity contribution >= 4 is 10.0 Å². The topological polar surface area (TPSA) is 46.6 Å². The number of methoxy groups -OCH3 is 1. The largest absolute Gasteiger partial charge is 0.494 e. The Balaban J connectivity index is 1.80. The molecule has 1 aliphatic carbocycles. The number of sulfonamides is 1. The highest BCUT2D eigenvalue weighted by Gasteiger charge is 2.30. The van der Waals surface area contributed by atoms with Crippen molar-refractivity contribution in [1.29, 1.82) is 0 Å². The highest BCUT2D eigenvalue weighted by Crippen LogP contribution is 2.37. The Kier molecular flexibility index (Phi) is 3.75. The van der Waals surface area contributed by atoms with Crippen LogP contribution in [0.2, 0.25) is 0 Å². The molecular formula is C15H18FNO3S. The van der Waals surface area contributed by atoms with Crippen LogP contribution in [0.5, 0.6) is 5.75 Å². The number of benzene rings is 1. The maximum Gasteiger partial charge on any atom is 0.243 e. The average Bonchev–Trinajstić information content (AvgIpc) is 3.32. The second-order valence-corrected chi connectivity index (χ2v) is 7.35. The van der Waals surface area contributed by atoms with Crippen molar-refractivity contribution in [3.05, 3.63) is 35.2 Å². The maximum absolute atomic E-state index is 13.7. The first-order valence-electron chi connectivity index (χ1n) is 7.06. The Hall–Kier alpha value is -1.40. The number of nitrogens with zero attached hydrogens (tertiary/aromatic N) is 1. The molecule has 2 aliphatic rings. The van der Waals surface area contributed by atoms with E-state index >= 15 is 0 Å². The Morgan fingerprint density at radius 2 is 1.71 bits per heavy atom. The van der Waals surface area contributed by atoms with E-state index in [0.717, 1.165) is 18.9 Å². The highest BCUT2D eigenvalue weighted by molar-refractivity contribution is 7.89. The summed E-state index contributed by atoms with van der Waals surface area (Å²) in [5.41, 5.74) is 2.92. The fourth-order valence-electron chi connectivity index (χ4n) is 2.72. The van der Waals surface area contributed by atoms with Gasteiger partial charge in [0, 0.05) is 13.1 Å². The van der Waals surface area contributed by atoms with Crippen LogP contribution in [-0.2, 0) is 10.0 Å². The SMILES string of the molecule is COc1ccc(S(=O)(=O)N2CCC(=C3CC3)CC2)cc1F. The molecule has 3 rings (SSSR count). The van der Waals surface area contributed by atoms with E-state index in [1.54, 1.807) is 0 Å². The monoisotopic (exact) mass is 311 g/mol. The molecule has 0 atom stereocenters. The number of halogens is 1. The molecule has 0 bridgehead atoms. The van der Waals surface area contributed by atoms with E-state index in [1.807, 2.05) is 0 Å². The quantitative estimate of drug-likeness (QED) is 0.806. The lowest BCUT2D eigenvalue weighted by Gasteiger charge is -2.27. The lowest BCUT2D eigenvalue weighted by atomic mass is 10.1. The molecule has 0 radical (unpaired) electrons. The summed E-state index contributed by atoms with van der Waals surface area (Å²) >= 11 is 0. The van der Waals surface area contributed by atoms with Crippen LogP contribution >= 0.6 is 0 Å². The molecule has 1 aromatic carbocycles. The van der Waals surface area contributed by atoms with Crippen LogP contribution in [0.3, 0.4) is 0 Å². The van der Waals surface area contributed by atoms with E-state index in [0.29, 0.717) is 13.1 Å². The second-order valence-electron chi connectivity index (χ2n) is 5.41. The Morgan fingerprint density at radius 1 is 1.10 bits per heavy atom. The molecule has 21 heavy (non-hydrogen) atoms. The summed E-state index contributed by atoms with van der Waals surface area (Å²) in [5, 5.41) is 0. The molecule has 0 N–H and O–H groups in total. The van der Waals surface area contributed by atoms with E-state index in [2.05, 4.69) is 0 Å². The van der Waals surface area contributed by atoms with Gasteiger partial charge in [-0.3, -0.25) is 0 Å². The average molecular weight is 311 g/mol. The Labute approximate surface area is 124 Å². The molecule has 1 aromatic rings. The van der Waals surface area contributed by atoms with Gasteiger partial charge in [0.25, 0.3) is 0 Å². The van der Waals surface area contributed by atoms with E-state index in [4.69, 9.17) is 4.74 Å². The minimum absolute atomic E-state index is 0.0108. The van der Waals surface area contributed by atoms with E-state index in [1.165, 1.54) is 47.5 Å². The van der Waals surface area contributed by atoms with Crippen molar-refractivity contribution in [3.8, 4) is 5.75 Å². The molecule has 0 amide bonds. The number of piperidine rings is 1. The number of hydrogen-bond donors (Lipinski definition) is 0. The van der Waals surface area contributed by atoms with E-state index in [-0.39, 0.29) is 10.6 Å². The summed E-state index contributed by atoms with van der Waals surface area (Å²) in [6, 6.07) is 3.78. The number of allylic oxidation sites excluding steroid dienone is 1. The molecule has 4 nitrogen and oxygen atoms in total. The summed E-state index contributed by atoms with van der Waals surface area (Å²) in [5.74, 6) is -0.607. The van der Waals surface area contributed by atoms with Crippen LogP contribution in [0.1, 0.15) is 25.7 Å². The fourth-order valence-corrected chi connectivity index (χ4v) is 4.18. The molecule has 2 fully saturated rings. The standard InChI is InChI=1S/C15H18FNO3S/c1-20-15-5-4-13(10-14(15)16)21(18,19)17-8-6-12(7-9-17)11-2-3-11/h4-5,10H,2-3,6-9H2,1H3. The van der Waals surface area contributed by atoms with Crippen LogP contribution in [0.4, 0.5) is 4.39 Å². The maximum atomic E-state index is 13.7. The van der Waals surface area contributed by atoms with E-state index < -0.39 is 15.8 Å². The van der Waals surface area contributed by atoms with Gasteiger partial charge >= 0.3 is 0 Å². The molecule has 1 saturated carbocycles. The summed E-state index contributed by atoms with van der Waals surface area (Å²) in [6.07, 6.45) is 3.94. The number of hydrogen-bond acceptors (Lipinski definition) is 3. The molecule has 0 spiro atoms. The minimum atomic E-state index is -3.62. The second kappa shape index (κ2) is 5.42. The van der Waals surface area contributed by atoms with Gasteiger partial charge in [-0.05, 0) is 43.9 Å². The summed E-state index contributed by atoms with van der Waals surface area (Å²) in [4.78, 5) is -0.0108. The summed E-state index contributed by atoms with van der Waals surface area (Å²) in [6.45, 7) is 0.962. The van der Waals surface area contributed by atoms with Crippen molar-refractivity contribution in [3.63, 3.8) is 0 Å². The number of rotatable bonds is 3. The van der Waals surface area contributed by atoms with Crippen molar-refractivity contribution in [1.82, 2.24) is 4.31 Å². The third-order valence-electron chi connectivity index (χ3n) is 4.09. The third-order valence-corrected chi connectivity index (χ3v) is 5.98. The van der Waals surface area contributed by atoms with Gasteiger partial charge < -0.3 is 4.74 Å². The lowest BCUT2D eigenvalue weighted by molar-refractivity contribution is 0.380. The van der Waals surface area contributed by atoms with Gasteiger partial charge in [-0.25, -0.2) is 12.8 Å². The fraction of sp³-hybridized carbons (Fsp3) is 0.467. The van der Waals surface area contributed by atoms with Crippen LogP contribution in [0, 0.1) is 5.82 Å². The van der Waals surface area contributed by atoms with Crippen molar-refractivity contribution in [2.75, 3.05) is 20.2 Å². The molecule has 0 aromatic heterocycles. The van der Waals surface area contributed by atoms with Gasteiger partial charge in [-0.2, -0.15) is 4.31 Å². The predicted octanol–water partition coefficient (Wildman–Crippen LogP) is 2.71. The Bertz CT molecular complexity index is 681. The minimum Gasteiger partial charge on any atom is -0.494 e. The Morgan fingerprint density at radius 3 is 2.24 bits per heavy atom. The summed E-state index contributed by atoms with van der Waals surface area (Å²) < 4.78 is 45.0. The van der Waals surface area contributed by atoms with Crippen LogP contribution < -0.4 is 4.74 Å². The zero-order valence-electron chi connectivity index (χ0n) is 11.9. The van der Waals surface area contributed by atoms with E-state index in [9.17, 15) is 12.8 Å². The van der Waals surface area contributed by atoms with Crippen LogP contribution in [-0.4, -0.2) is 32.9 Å². The summed E-state index contributed by atoms with van der Waals surface area (Å²) in [7, 11) is -2.27. The predicted molar refractivity (Wildman–Crippen MR) is 77.2 cm³/mol. The molecule has 1 saturated heterocycles. The van der Waals surface area contributed by atoms with Gasteiger partial charge in [0.15, 0.2) is 11.6 Å². The van der Waals surface area contributed by atoms with Gasteiger partial charge in [-0.1, -0.05) is 11.1 Å². The first-order valence-corrected chi connectivity index (χ1v) is 8.50. The first kappa shape index (κ1) is 14.5. The molecule has 6 heteroatoms. The molecular weight excluding hydrogens is 293 g/mol. The van der Waals surface area contributed by atoms with Crippen LogP contribution in [0.15, 0.2) is 34.2 Å². The highest BCUT2D eigenvalue weighted by atomic mass is 32.2. The van der Waals surface area contributed by atoms with Gasteiger partial charge in [0.05, 0.1) is 12.0 Å². The molecule has 1 aliphatic heterocycles. The normalized spacial score (nSPS) is 19.7. The zero-order chi connectivity index (χ0) is 15.0. The van der Waals surface area contributed by atoms with Crippen LogP contribution in [0.25, 0.3) is 0 Å². The lowest BCUT2D eigenvalue weighted by Crippen LogP contribution is -2.36. The van der Waals surface area contributed by atoms with Crippen molar-refractivity contribution < 1.29 is 17.5 Å². The third kappa shape index (κ3) is 2.82. The van der Waals surface area contributed by atoms with Gasteiger partial charge in [0.2, 0.25) is 10.0 Å². The molecule has 1 heterocycles. The smallest absolute Gasteiger partial charge is 0.243 e.